The highest BCUT2D eigenvalue weighted by atomic mass is 19.2. The number of carbonyl (C=O) groups is 1. The van der Waals surface area contributed by atoms with Crippen molar-refractivity contribution >= 4 is 5.78 Å². The van der Waals surface area contributed by atoms with Gasteiger partial charge in [-0.05, 0) is 30.2 Å². The topological polar surface area (TPSA) is 127 Å². The molecule has 216 valence electrons. The Morgan fingerprint density at radius 3 is 2.38 bits per heavy atom. The van der Waals surface area contributed by atoms with Crippen molar-refractivity contribution in [1.82, 2.24) is 15.0 Å². The van der Waals surface area contributed by atoms with Crippen LogP contribution >= 0.6 is 0 Å². The summed E-state index contributed by atoms with van der Waals surface area (Å²) in [5, 5.41) is 40.2. The van der Waals surface area contributed by atoms with Crippen molar-refractivity contribution < 1.29 is 42.8 Å². The predicted octanol–water partition coefficient (Wildman–Crippen LogP) is 2.89. The zero-order valence-corrected chi connectivity index (χ0v) is 22.5. The normalized spacial score (nSPS) is 24.2. The van der Waals surface area contributed by atoms with Crippen LogP contribution in [0.4, 0.5) is 13.2 Å². The second kappa shape index (κ2) is 11.8. The SMILES string of the molecule is Cc1ccccc1CO[C@H](C(=O)C(C)(C)C)[C@@H]1OC(CO)[C@H](O)[C@H](n2cc(-c3cc(F)c(F)c(F)c3)nn2)C1O. The molecule has 0 aliphatic carbocycles. The Morgan fingerprint density at radius 2 is 1.77 bits per heavy atom. The van der Waals surface area contributed by atoms with Gasteiger partial charge in [-0.25, -0.2) is 17.9 Å². The van der Waals surface area contributed by atoms with Gasteiger partial charge in [-0.2, -0.15) is 0 Å². The number of hydrogen-bond donors (Lipinski definition) is 3. The van der Waals surface area contributed by atoms with E-state index in [4.69, 9.17) is 9.47 Å². The van der Waals surface area contributed by atoms with Crippen LogP contribution in [0.1, 0.15) is 37.9 Å². The summed E-state index contributed by atoms with van der Waals surface area (Å²) in [5.41, 5.74) is 0.640. The Balaban J connectivity index is 1.69. The molecule has 2 aromatic carbocycles. The standard InChI is InChI=1S/C28H32F3N3O6/c1-14-7-5-6-8-15(14)13-39-26(27(38)28(2,3)4)25-24(37)22(23(36)20(12-35)40-25)34-11-19(32-33-34)16-9-17(29)21(31)18(30)10-16/h5-11,20,22-26,35-37H,12-13H2,1-4H3/t20?,22-,23-,24?,25+,26-/m0/s1. The van der Waals surface area contributed by atoms with Crippen molar-refractivity contribution in [3.8, 4) is 11.3 Å². The molecule has 12 heteroatoms. The third kappa shape index (κ3) is 5.96. The largest absolute Gasteiger partial charge is 0.394 e. The minimum Gasteiger partial charge on any atom is -0.394 e. The number of ketones is 1. The van der Waals surface area contributed by atoms with Gasteiger partial charge in [-0.1, -0.05) is 50.3 Å². The first-order valence-electron chi connectivity index (χ1n) is 12.7. The Bertz CT molecular complexity index is 1340. The number of aliphatic hydroxyl groups excluding tert-OH is 3. The van der Waals surface area contributed by atoms with Gasteiger partial charge in [-0.3, -0.25) is 4.79 Å². The Hall–Kier alpha value is -3.16. The summed E-state index contributed by atoms with van der Waals surface area (Å²) >= 11 is 0. The van der Waals surface area contributed by atoms with Gasteiger partial charge < -0.3 is 24.8 Å². The van der Waals surface area contributed by atoms with Crippen molar-refractivity contribution in [3.63, 3.8) is 0 Å². The molecule has 3 aromatic rings. The molecule has 9 nitrogen and oxygen atoms in total. The molecular weight excluding hydrogens is 531 g/mol. The van der Waals surface area contributed by atoms with E-state index in [9.17, 15) is 33.3 Å². The number of Topliss-reactive ketones (excluding diaryl/α,β-unsaturated/α-hetero) is 1. The molecule has 1 fully saturated rings. The summed E-state index contributed by atoms with van der Waals surface area (Å²) in [6.45, 7) is 6.32. The molecule has 0 spiro atoms. The fourth-order valence-electron chi connectivity index (χ4n) is 4.65. The van der Waals surface area contributed by atoms with Crippen LogP contribution in [0.2, 0.25) is 0 Å². The monoisotopic (exact) mass is 563 g/mol. The number of hydrogen-bond acceptors (Lipinski definition) is 8. The van der Waals surface area contributed by atoms with Crippen molar-refractivity contribution in [2.45, 2.75) is 70.9 Å². The molecule has 1 aliphatic rings. The maximum Gasteiger partial charge on any atom is 0.194 e. The predicted molar refractivity (Wildman–Crippen MR) is 136 cm³/mol. The molecule has 1 aliphatic heterocycles. The number of benzene rings is 2. The van der Waals surface area contributed by atoms with Crippen molar-refractivity contribution in [1.29, 1.82) is 0 Å². The van der Waals surface area contributed by atoms with Crippen LogP contribution in [0.15, 0.2) is 42.6 Å². The van der Waals surface area contributed by atoms with Crippen LogP contribution in [-0.4, -0.2) is 73.2 Å². The summed E-state index contributed by atoms with van der Waals surface area (Å²) in [4.78, 5) is 13.5. The molecule has 2 heterocycles. The average Bonchev–Trinajstić information content (AvgIpc) is 3.38. The lowest BCUT2D eigenvalue weighted by atomic mass is 9.81. The number of aliphatic hydroxyl groups is 3. The minimum absolute atomic E-state index is 0.0257. The molecule has 0 saturated carbocycles. The summed E-state index contributed by atoms with van der Waals surface area (Å²) in [7, 11) is 0. The van der Waals surface area contributed by atoms with Crippen molar-refractivity contribution in [3.05, 3.63) is 71.2 Å². The number of halogens is 3. The van der Waals surface area contributed by atoms with E-state index in [0.717, 1.165) is 27.9 Å². The van der Waals surface area contributed by atoms with Gasteiger partial charge in [0, 0.05) is 11.0 Å². The maximum absolute atomic E-state index is 13.8. The Morgan fingerprint density at radius 1 is 1.12 bits per heavy atom. The van der Waals surface area contributed by atoms with E-state index in [-0.39, 0.29) is 23.6 Å². The molecule has 40 heavy (non-hydrogen) atoms. The highest BCUT2D eigenvalue weighted by molar-refractivity contribution is 5.88. The lowest BCUT2D eigenvalue weighted by molar-refractivity contribution is -0.236. The van der Waals surface area contributed by atoms with Crippen LogP contribution in [0.5, 0.6) is 0 Å². The van der Waals surface area contributed by atoms with Crippen LogP contribution in [0.3, 0.4) is 0 Å². The van der Waals surface area contributed by atoms with Crippen molar-refractivity contribution in [2.24, 2.45) is 5.41 Å². The van der Waals surface area contributed by atoms with Crippen LogP contribution in [0.25, 0.3) is 11.3 Å². The number of nitrogens with zero attached hydrogens (tertiary/aromatic N) is 3. The first kappa shape index (κ1) is 29.8. The van der Waals surface area contributed by atoms with E-state index >= 15 is 0 Å². The average molecular weight is 564 g/mol. The molecule has 1 saturated heterocycles. The van der Waals surface area contributed by atoms with Gasteiger partial charge >= 0.3 is 0 Å². The summed E-state index contributed by atoms with van der Waals surface area (Å²) < 4.78 is 54.0. The zero-order valence-electron chi connectivity index (χ0n) is 22.5. The van der Waals surface area contributed by atoms with Gasteiger partial charge in [0.25, 0.3) is 0 Å². The molecule has 6 atom stereocenters. The smallest absolute Gasteiger partial charge is 0.194 e. The van der Waals surface area contributed by atoms with E-state index in [0.29, 0.717) is 0 Å². The van der Waals surface area contributed by atoms with Gasteiger partial charge in [0.1, 0.15) is 42.3 Å². The lowest BCUT2D eigenvalue weighted by Gasteiger charge is -2.45. The van der Waals surface area contributed by atoms with Crippen LogP contribution in [-0.2, 0) is 20.9 Å². The molecule has 0 radical (unpaired) electrons. The Labute approximate surface area is 229 Å². The molecular formula is C28H32F3N3O6. The number of carbonyl (C=O) groups excluding carboxylic acids is 1. The highest BCUT2D eigenvalue weighted by Gasteiger charge is 2.51. The summed E-state index contributed by atoms with van der Waals surface area (Å²) in [5.74, 6) is -4.87. The van der Waals surface area contributed by atoms with Gasteiger partial charge in [-0.15, -0.1) is 5.10 Å². The molecule has 4 rings (SSSR count). The second-order valence-corrected chi connectivity index (χ2v) is 10.9. The third-order valence-corrected chi connectivity index (χ3v) is 7.00. The van der Waals surface area contributed by atoms with E-state index in [1.54, 1.807) is 20.8 Å². The number of aryl methyl sites for hydroxylation is 1. The van der Waals surface area contributed by atoms with Crippen LogP contribution < -0.4 is 0 Å². The summed E-state index contributed by atoms with van der Waals surface area (Å²) in [6.07, 6.45) is -5.80. The van der Waals surface area contributed by atoms with E-state index < -0.39 is 66.0 Å². The first-order chi connectivity index (χ1) is 18.8. The first-order valence-corrected chi connectivity index (χ1v) is 12.7. The summed E-state index contributed by atoms with van der Waals surface area (Å²) in [6, 6.07) is 7.59. The maximum atomic E-state index is 13.8. The van der Waals surface area contributed by atoms with Gasteiger partial charge in [0.15, 0.2) is 23.2 Å². The molecule has 0 bridgehead atoms. The Kier molecular flexibility index (Phi) is 8.76. The number of rotatable bonds is 8. The van der Waals surface area contributed by atoms with Gasteiger partial charge in [0.2, 0.25) is 0 Å². The van der Waals surface area contributed by atoms with E-state index in [2.05, 4.69) is 10.3 Å². The molecule has 2 unspecified atom stereocenters. The highest BCUT2D eigenvalue weighted by Crippen LogP contribution is 2.35. The fraction of sp³-hybridized carbons (Fsp3) is 0.464. The van der Waals surface area contributed by atoms with Gasteiger partial charge in [0.05, 0.1) is 19.4 Å². The quantitative estimate of drug-likeness (QED) is 0.357. The third-order valence-electron chi connectivity index (χ3n) is 7.00. The molecule has 0 amide bonds. The fourth-order valence-corrected chi connectivity index (χ4v) is 4.65. The number of ether oxygens (including phenoxy) is 2. The lowest BCUT2D eigenvalue weighted by Crippen LogP contribution is -2.61. The second-order valence-electron chi connectivity index (χ2n) is 10.9. The van der Waals surface area contributed by atoms with Crippen molar-refractivity contribution in [2.75, 3.05) is 6.61 Å². The number of aromatic nitrogens is 3. The van der Waals surface area contributed by atoms with E-state index in [1.807, 2.05) is 31.2 Å². The minimum atomic E-state index is -1.64. The van der Waals surface area contributed by atoms with Crippen LogP contribution in [0, 0.1) is 29.8 Å². The molecule has 1 aromatic heterocycles. The van der Waals surface area contributed by atoms with E-state index in [1.165, 1.54) is 6.20 Å². The zero-order chi connectivity index (χ0) is 29.4. The molecule has 3 N–H and O–H groups in total.